The Bertz CT molecular complexity index is 434. The second kappa shape index (κ2) is 5.30. The summed E-state index contributed by atoms with van der Waals surface area (Å²) < 4.78 is 36.9. The van der Waals surface area contributed by atoms with Crippen LogP contribution in [0.15, 0.2) is 23.1 Å². The number of ketones is 1. The molecule has 1 aromatic carbocycles. The number of carbonyl (C=O) groups excluding carboxylic acids is 1. The van der Waals surface area contributed by atoms with Crippen LogP contribution in [0.1, 0.15) is 17.3 Å². The van der Waals surface area contributed by atoms with Crippen molar-refractivity contribution < 1.29 is 18.0 Å². The van der Waals surface area contributed by atoms with Gasteiger partial charge in [0.25, 0.3) is 0 Å². The largest absolute Gasteiger partial charge is 0.446 e. The van der Waals surface area contributed by atoms with Crippen LogP contribution in [-0.2, 0) is 0 Å². The van der Waals surface area contributed by atoms with E-state index in [2.05, 4.69) is 15.9 Å². The topological polar surface area (TPSA) is 43.1 Å². The van der Waals surface area contributed by atoms with Crippen LogP contribution in [0.5, 0.6) is 0 Å². The zero-order valence-electron chi connectivity index (χ0n) is 8.72. The number of alkyl halides is 4. The fourth-order valence-corrected chi connectivity index (χ4v) is 2.07. The highest BCUT2D eigenvalue weighted by atomic mass is 79.9. The van der Waals surface area contributed by atoms with Crippen LogP contribution in [0, 0.1) is 0 Å². The normalized spacial score (nSPS) is 13.5. The van der Waals surface area contributed by atoms with Crippen LogP contribution in [-0.4, -0.2) is 16.1 Å². The van der Waals surface area contributed by atoms with Crippen molar-refractivity contribution in [1.29, 1.82) is 0 Å². The number of Topliss-reactive ketones (excluding diaryl/α,β-unsaturated/α-hetero) is 1. The molecule has 7 heteroatoms. The summed E-state index contributed by atoms with van der Waals surface area (Å²) in [4.78, 5) is 11.0. The van der Waals surface area contributed by atoms with Gasteiger partial charge < -0.3 is 5.73 Å². The van der Waals surface area contributed by atoms with E-state index in [4.69, 9.17) is 5.73 Å². The molecular formula is C10H9BrF3NOS. The molecule has 0 bridgehead atoms. The van der Waals surface area contributed by atoms with E-state index in [0.717, 1.165) is 0 Å². The van der Waals surface area contributed by atoms with Gasteiger partial charge in [-0.1, -0.05) is 15.9 Å². The van der Waals surface area contributed by atoms with Gasteiger partial charge in [0.2, 0.25) is 0 Å². The number of halogens is 4. The summed E-state index contributed by atoms with van der Waals surface area (Å²) >= 11 is 2.72. The molecule has 0 fully saturated rings. The quantitative estimate of drug-likeness (QED) is 0.397. The predicted molar refractivity (Wildman–Crippen MR) is 65.5 cm³/mol. The van der Waals surface area contributed by atoms with E-state index >= 15 is 0 Å². The van der Waals surface area contributed by atoms with Gasteiger partial charge in [-0.3, -0.25) is 4.79 Å². The van der Waals surface area contributed by atoms with E-state index < -0.39 is 16.1 Å². The number of carbonyl (C=O) groups is 1. The van der Waals surface area contributed by atoms with Crippen molar-refractivity contribution in [2.45, 2.75) is 22.2 Å². The lowest BCUT2D eigenvalue weighted by molar-refractivity contribution is -0.0328. The van der Waals surface area contributed by atoms with Gasteiger partial charge in [-0.25, -0.2) is 0 Å². The molecular weight excluding hydrogens is 319 g/mol. The molecule has 1 unspecified atom stereocenters. The fraction of sp³-hybridized carbons (Fsp3) is 0.300. The summed E-state index contributed by atoms with van der Waals surface area (Å²) in [5.74, 6) is -0.427. The molecule has 0 aliphatic carbocycles. The molecule has 17 heavy (non-hydrogen) atoms. The van der Waals surface area contributed by atoms with Crippen molar-refractivity contribution in [3.05, 3.63) is 23.8 Å². The number of anilines is 1. The highest BCUT2D eigenvalue weighted by Gasteiger charge is 2.31. The maximum Gasteiger partial charge on any atom is 0.446 e. The Morgan fingerprint density at radius 2 is 2.06 bits per heavy atom. The molecule has 0 amide bonds. The number of thioether (sulfide) groups is 1. The molecule has 0 aromatic heterocycles. The van der Waals surface area contributed by atoms with Crippen molar-refractivity contribution >= 4 is 39.2 Å². The number of hydrogen-bond acceptors (Lipinski definition) is 3. The lowest BCUT2D eigenvalue weighted by Crippen LogP contribution is -2.13. The second-order valence-corrected chi connectivity index (χ2v) is 5.76. The van der Waals surface area contributed by atoms with Crippen LogP contribution in [0.2, 0.25) is 0 Å². The Labute approximate surface area is 109 Å². The molecule has 0 aliphatic rings. The zero-order valence-corrected chi connectivity index (χ0v) is 11.1. The van der Waals surface area contributed by atoms with Crippen molar-refractivity contribution in [2.75, 3.05) is 5.73 Å². The highest BCUT2D eigenvalue weighted by molar-refractivity contribution is 9.10. The van der Waals surface area contributed by atoms with E-state index in [1.165, 1.54) is 18.2 Å². The van der Waals surface area contributed by atoms with Crippen LogP contribution in [0.3, 0.4) is 0 Å². The third-order valence-electron chi connectivity index (χ3n) is 1.86. The Morgan fingerprint density at radius 3 is 2.53 bits per heavy atom. The minimum atomic E-state index is -4.43. The van der Waals surface area contributed by atoms with E-state index in [1.807, 2.05) is 0 Å². The molecule has 2 N–H and O–H groups in total. The predicted octanol–water partition coefficient (Wildman–Crippen LogP) is 3.85. The molecule has 1 rings (SSSR count). The first-order valence-corrected chi connectivity index (χ1v) is 6.27. The number of rotatable bonds is 3. The molecule has 0 aliphatic heterocycles. The van der Waals surface area contributed by atoms with E-state index in [-0.39, 0.29) is 27.9 Å². The van der Waals surface area contributed by atoms with Gasteiger partial charge in [-0.15, -0.1) is 0 Å². The fourth-order valence-electron chi connectivity index (χ4n) is 1.17. The summed E-state index contributed by atoms with van der Waals surface area (Å²) in [5, 5.41) is 0. The third-order valence-corrected chi connectivity index (χ3v) is 3.08. The standard InChI is InChI=1S/C10H9BrF3NOS/c1-5(11)9(16)7-4-6(15)2-3-8(7)17-10(12,13)14/h2-5H,15H2,1H3. The smallest absolute Gasteiger partial charge is 0.399 e. The Hall–Kier alpha value is -0.690. The highest BCUT2D eigenvalue weighted by Crippen LogP contribution is 2.39. The zero-order chi connectivity index (χ0) is 13.2. The Morgan fingerprint density at radius 1 is 1.47 bits per heavy atom. The Balaban J connectivity index is 3.17. The molecule has 1 aromatic rings. The van der Waals surface area contributed by atoms with E-state index in [9.17, 15) is 18.0 Å². The van der Waals surface area contributed by atoms with E-state index in [1.54, 1.807) is 6.92 Å². The lowest BCUT2D eigenvalue weighted by atomic mass is 10.1. The molecule has 1 atom stereocenters. The molecule has 0 saturated carbocycles. The molecule has 2 nitrogen and oxygen atoms in total. The second-order valence-electron chi connectivity index (χ2n) is 3.28. The summed E-state index contributed by atoms with van der Waals surface area (Å²) in [6.45, 7) is 1.55. The number of hydrogen-bond donors (Lipinski definition) is 1. The number of benzene rings is 1. The number of nitrogen functional groups attached to an aromatic ring is 1. The molecule has 0 heterocycles. The first kappa shape index (κ1) is 14.4. The Kier molecular flexibility index (Phi) is 4.48. The van der Waals surface area contributed by atoms with Crippen molar-refractivity contribution in [2.24, 2.45) is 0 Å². The van der Waals surface area contributed by atoms with Crippen molar-refractivity contribution in [3.63, 3.8) is 0 Å². The summed E-state index contributed by atoms with van der Waals surface area (Å²) in [7, 11) is 0. The average molecular weight is 328 g/mol. The van der Waals surface area contributed by atoms with E-state index in [0.29, 0.717) is 0 Å². The summed E-state index contributed by atoms with van der Waals surface area (Å²) in [6, 6.07) is 3.80. The SMILES string of the molecule is CC(Br)C(=O)c1cc(N)ccc1SC(F)(F)F. The van der Waals surface area contributed by atoms with Gasteiger partial charge in [0, 0.05) is 16.1 Å². The van der Waals surface area contributed by atoms with Gasteiger partial charge in [0.05, 0.1) is 4.83 Å². The van der Waals surface area contributed by atoms with Crippen molar-refractivity contribution in [3.8, 4) is 0 Å². The van der Waals surface area contributed by atoms with Crippen LogP contribution in [0.4, 0.5) is 18.9 Å². The maximum absolute atomic E-state index is 12.3. The van der Waals surface area contributed by atoms with Crippen LogP contribution < -0.4 is 5.73 Å². The first-order valence-electron chi connectivity index (χ1n) is 4.54. The average Bonchev–Trinajstić information content (AvgIpc) is 2.17. The molecule has 0 spiro atoms. The molecule has 0 radical (unpaired) electrons. The molecule has 0 saturated heterocycles. The van der Waals surface area contributed by atoms with Gasteiger partial charge in [0.15, 0.2) is 5.78 Å². The van der Waals surface area contributed by atoms with Gasteiger partial charge in [0.1, 0.15) is 0 Å². The van der Waals surface area contributed by atoms with Crippen LogP contribution in [0.25, 0.3) is 0 Å². The minimum absolute atomic E-state index is 0.0169. The summed E-state index contributed by atoms with van der Waals surface area (Å²) in [5.41, 5.74) is 1.28. The summed E-state index contributed by atoms with van der Waals surface area (Å²) in [6.07, 6.45) is 0. The first-order chi connectivity index (χ1) is 7.70. The van der Waals surface area contributed by atoms with Gasteiger partial charge in [-0.2, -0.15) is 13.2 Å². The van der Waals surface area contributed by atoms with Gasteiger partial charge in [-0.05, 0) is 36.9 Å². The number of nitrogens with two attached hydrogens (primary N) is 1. The third kappa shape index (κ3) is 4.23. The maximum atomic E-state index is 12.3. The molecule has 94 valence electrons. The van der Waals surface area contributed by atoms with Gasteiger partial charge >= 0.3 is 5.51 Å². The van der Waals surface area contributed by atoms with Crippen molar-refractivity contribution in [1.82, 2.24) is 0 Å². The van der Waals surface area contributed by atoms with Crippen LogP contribution >= 0.6 is 27.7 Å². The minimum Gasteiger partial charge on any atom is -0.399 e. The monoisotopic (exact) mass is 327 g/mol. The lowest BCUT2D eigenvalue weighted by Gasteiger charge is -2.12.